The van der Waals surface area contributed by atoms with Crippen LogP contribution >= 0.6 is 0 Å². The molecule has 1 unspecified atom stereocenters. The van der Waals surface area contributed by atoms with Crippen LogP contribution in [0.4, 0.5) is 4.79 Å². The van der Waals surface area contributed by atoms with Gasteiger partial charge in [-0.15, -0.1) is 0 Å². The number of hydrogen-bond donors (Lipinski definition) is 1. The lowest BCUT2D eigenvalue weighted by atomic mass is 10.0. The van der Waals surface area contributed by atoms with Crippen molar-refractivity contribution in [3.8, 4) is 11.5 Å². The first kappa shape index (κ1) is 23.7. The highest BCUT2D eigenvalue weighted by Crippen LogP contribution is 2.26. The summed E-state index contributed by atoms with van der Waals surface area (Å²) in [5.74, 6) is 1.27. The average molecular weight is 470 g/mol. The number of piperidine rings is 1. The second kappa shape index (κ2) is 9.79. The molecule has 1 N–H and O–H groups in total. The van der Waals surface area contributed by atoms with Crippen molar-refractivity contribution in [2.24, 2.45) is 0 Å². The molecule has 3 heterocycles. The molecule has 1 atom stereocenters. The molecule has 2 amide bonds. The summed E-state index contributed by atoms with van der Waals surface area (Å²) in [6.07, 6.45) is 0.662. The molecule has 2 aliphatic rings. The summed E-state index contributed by atoms with van der Waals surface area (Å²) in [5.41, 5.74) is 2.46. The zero-order valence-electron chi connectivity index (χ0n) is 20.1. The molecule has 0 aliphatic carbocycles. The van der Waals surface area contributed by atoms with Crippen molar-refractivity contribution in [1.29, 1.82) is 0 Å². The maximum absolute atomic E-state index is 13.1. The molecule has 2 aliphatic heterocycles. The second-order valence-corrected chi connectivity index (χ2v) is 8.85. The van der Waals surface area contributed by atoms with Gasteiger partial charge in [-0.1, -0.05) is 0 Å². The van der Waals surface area contributed by atoms with E-state index in [1.807, 2.05) is 24.3 Å². The predicted octanol–water partition coefficient (Wildman–Crippen LogP) is 3.35. The topological polar surface area (TPSA) is 101 Å². The van der Waals surface area contributed by atoms with E-state index in [1.165, 1.54) is 6.92 Å². The Hall–Kier alpha value is -3.49. The van der Waals surface area contributed by atoms with E-state index in [2.05, 4.69) is 4.98 Å². The SMILES string of the molecule is COc1ccc(OCC2CN(C3CCN(C(=O)c4[nH]c(C)c(C(C)=O)c4C)CC3)C(=O)O2)cc1. The van der Waals surface area contributed by atoms with Crippen molar-refractivity contribution in [1.82, 2.24) is 14.8 Å². The Morgan fingerprint density at radius 3 is 2.35 bits per heavy atom. The van der Waals surface area contributed by atoms with E-state index in [9.17, 15) is 14.4 Å². The van der Waals surface area contributed by atoms with Gasteiger partial charge in [0, 0.05) is 30.4 Å². The number of carbonyl (C=O) groups excluding carboxylic acids is 3. The van der Waals surface area contributed by atoms with E-state index in [0.29, 0.717) is 60.7 Å². The molecule has 0 saturated carbocycles. The molecule has 0 spiro atoms. The normalized spacial score (nSPS) is 18.7. The maximum Gasteiger partial charge on any atom is 0.410 e. The zero-order chi connectivity index (χ0) is 24.4. The van der Waals surface area contributed by atoms with Gasteiger partial charge >= 0.3 is 6.09 Å². The van der Waals surface area contributed by atoms with Gasteiger partial charge in [-0.25, -0.2) is 4.79 Å². The third-order valence-corrected chi connectivity index (χ3v) is 6.59. The molecular formula is C25H31N3O6. The Morgan fingerprint density at radius 2 is 1.76 bits per heavy atom. The number of aryl methyl sites for hydroxylation is 1. The molecule has 0 bridgehead atoms. The Kier molecular flexibility index (Phi) is 6.81. The van der Waals surface area contributed by atoms with E-state index in [4.69, 9.17) is 14.2 Å². The van der Waals surface area contributed by atoms with E-state index in [-0.39, 0.29) is 36.5 Å². The van der Waals surface area contributed by atoms with Crippen LogP contribution in [0.2, 0.25) is 0 Å². The Labute approximate surface area is 199 Å². The number of amides is 2. The van der Waals surface area contributed by atoms with E-state index in [0.717, 1.165) is 5.75 Å². The number of methoxy groups -OCH3 is 1. The summed E-state index contributed by atoms with van der Waals surface area (Å²) >= 11 is 0. The number of aromatic amines is 1. The molecular weight excluding hydrogens is 438 g/mol. The summed E-state index contributed by atoms with van der Waals surface area (Å²) in [5, 5.41) is 0. The molecule has 1 aromatic carbocycles. The van der Waals surface area contributed by atoms with Gasteiger partial charge in [0.1, 0.15) is 23.8 Å². The van der Waals surface area contributed by atoms with Gasteiger partial charge in [0.25, 0.3) is 5.91 Å². The van der Waals surface area contributed by atoms with Gasteiger partial charge in [0.05, 0.1) is 13.7 Å². The molecule has 2 aromatic rings. The van der Waals surface area contributed by atoms with Crippen LogP contribution in [0.15, 0.2) is 24.3 Å². The van der Waals surface area contributed by atoms with Gasteiger partial charge in [-0.3, -0.25) is 9.59 Å². The lowest BCUT2D eigenvalue weighted by Gasteiger charge is -2.35. The minimum absolute atomic E-state index is 0.0155. The standard InChI is InChI=1S/C25H31N3O6/c1-15-22(17(3)29)16(2)26-23(15)24(30)27-11-9-18(10-12-27)28-13-21(34-25(28)31)14-33-20-7-5-19(32-4)6-8-20/h5-8,18,21,26H,9-14H2,1-4H3. The molecule has 0 radical (unpaired) electrons. The number of hydrogen-bond acceptors (Lipinski definition) is 6. The number of nitrogens with one attached hydrogen (secondary N) is 1. The van der Waals surface area contributed by atoms with Gasteiger partial charge in [-0.05, 0) is 63.4 Å². The fourth-order valence-corrected chi connectivity index (χ4v) is 4.82. The van der Waals surface area contributed by atoms with Crippen LogP contribution < -0.4 is 9.47 Å². The van der Waals surface area contributed by atoms with Crippen LogP contribution in [-0.2, 0) is 4.74 Å². The largest absolute Gasteiger partial charge is 0.497 e. The number of nitrogens with zero attached hydrogens (tertiary/aromatic N) is 2. The Bertz CT molecular complexity index is 1070. The van der Waals surface area contributed by atoms with Crippen LogP contribution in [0.3, 0.4) is 0 Å². The smallest absolute Gasteiger partial charge is 0.410 e. The monoisotopic (exact) mass is 469 g/mol. The number of ketones is 1. The quantitative estimate of drug-likeness (QED) is 0.624. The number of ether oxygens (including phenoxy) is 3. The molecule has 2 fully saturated rings. The first-order chi connectivity index (χ1) is 16.3. The lowest BCUT2D eigenvalue weighted by Crippen LogP contribution is -2.47. The van der Waals surface area contributed by atoms with Crippen LogP contribution in [0.5, 0.6) is 11.5 Å². The lowest BCUT2D eigenvalue weighted by molar-refractivity contribution is 0.0652. The molecule has 4 rings (SSSR count). The third-order valence-electron chi connectivity index (χ3n) is 6.59. The summed E-state index contributed by atoms with van der Waals surface area (Å²) in [6, 6.07) is 7.27. The van der Waals surface area contributed by atoms with Crippen LogP contribution in [-0.4, -0.2) is 78.1 Å². The van der Waals surface area contributed by atoms with Crippen molar-refractivity contribution in [3.05, 3.63) is 46.8 Å². The third kappa shape index (κ3) is 4.73. The highest BCUT2D eigenvalue weighted by Gasteiger charge is 2.38. The van der Waals surface area contributed by atoms with Crippen LogP contribution in [0.25, 0.3) is 0 Å². The van der Waals surface area contributed by atoms with E-state index < -0.39 is 0 Å². The first-order valence-corrected chi connectivity index (χ1v) is 11.5. The van der Waals surface area contributed by atoms with Crippen molar-refractivity contribution >= 4 is 17.8 Å². The number of benzene rings is 1. The highest BCUT2D eigenvalue weighted by atomic mass is 16.6. The van der Waals surface area contributed by atoms with Crippen molar-refractivity contribution in [2.75, 3.05) is 33.4 Å². The first-order valence-electron chi connectivity index (χ1n) is 11.5. The number of aromatic nitrogens is 1. The molecule has 34 heavy (non-hydrogen) atoms. The van der Waals surface area contributed by atoms with Gasteiger partial charge in [-0.2, -0.15) is 0 Å². The summed E-state index contributed by atoms with van der Waals surface area (Å²) in [6.45, 7) is 6.92. The van der Waals surface area contributed by atoms with Gasteiger partial charge < -0.3 is 29.0 Å². The Balaban J connectivity index is 1.30. The number of rotatable bonds is 7. The van der Waals surface area contributed by atoms with Gasteiger partial charge in [0.15, 0.2) is 11.9 Å². The number of likely N-dealkylation sites (tertiary alicyclic amines) is 1. The van der Waals surface area contributed by atoms with Crippen molar-refractivity contribution in [3.63, 3.8) is 0 Å². The highest BCUT2D eigenvalue weighted by molar-refractivity contribution is 6.02. The predicted molar refractivity (Wildman–Crippen MR) is 125 cm³/mol. The number of Topliss-reactive ketones (excluding diaryl/α,β-unsaturated/α-hetero) is 1. The minimum atomic E-state index is -0.344. The fraction of sp³-hybridized carbons (Fsp3) is 0.480. The van der Waals surface area contributed by atoms with Gasteiger partial charge in [0.2, 0.25) is 0 Å². The summed E-state index contributed by atoms with van der Waals surface area (Å²) < 4.78 is 16.4. The number of carbonyl (C=O) groups is 3. The molecule has 2 saturated heterocycles. The maximum atomic E-state index is 13.1. The molecule has 9 heteroatoms. The fourth-order valence-electron chi connectivity index (χ4n) is 4.82. The average Bonchev–Trinajstić information content (AvgIpc) is 3.35. The van der Waals surface area contributed by atoms with Crippen LogP contribution in [0, 0.1) is 13.8 Å². The van der Waals surface area contributed by atoms with E-state index in [1.54, 1.807) is 30.8 Å². The summed E-state index contributed by atoms with van der Waals surface area (Å²) in [7, 11) is 1.61. The van der Waals surface area contributed by atoms with Crippen molar-refractivity contribution < 1.29 is 28.6 Å². The van der Waals surface area contributed by atoms with Crippen molar-refractivity contribution in [2.45, 2.75) is 45.8 Å². The van der Waals surface area contributed by atoms with E-state index >= 15 is 0 Å². The molecule has 9 nitrogen and oxygen atoms in total. The number of cyclic esters (lactones) is 1. The summed E-state index contributed by atoms with van der Waals surface area (Å²) in [4.78, 5) is 44.1. The zero-order valence-corrected chi connectivity index (χ0v) is 20.1. The second-order valence-electron chi connectivity index (χ2n) is 8.85. The number of H-pyrrole nitrogens is 1. The molecule has 1 aromatic heterocycles. The van der Waals surface area contributed by atoms with Crippen LogP contribution in [0.1, 0.15) is 51.9 Å². The minimum Gasteiger partial charge on any atom is -0.497 e. The molecule has 182 valence electrons. The Morgan fingerprint density at radius 1 is 1.12 bits per heavy atom.